The summed E-state index contributed by atoms with van der Waals surface area (Å²) in [5, 5.41) is 21.9. The number of hydrogen-bond donors (Lipinski definition) is 2. The molecule has 10 heteroatoms. The Bertz CT molecular complexity index is 701. The van der Waals surface area contributed by atoms with Crippen LogP contribution in [0.1, 0.15) is 54.9 Å². The number of likely N-dealkylation sites (tertiary alicyclic amines) is 1. The van der Waals surface area contributed by atoms with Gasteiger partial charge in [0.05, 0.1) is 31.3 Å². The highest BCUT2D eigenvalue weighted by molar-refractivity contribution is 5.96. The van der Waals surface area contributed by atoms with Crippen molar-refractivity contribution in [2.75, 3.05) is 13.2 Å². The molecular weight excluding hydrogens is 410 g/mol. The minimum atomic E-state index is -1.22. The zero-order chi connectivity index (χ0) is 23.4. The van der Waals surface area contributed by atoms with Crippen LogP contribution in [0.25, 0.3) is 0 Å². The minimum Gasteiger partial charge on any atom is -0.443 e. The molecule has 0 aromatic heterocycles. The molecule has 3 aliphatic heterocycles. The van der Waals surface area contributed by atoms with Crippen LogP contribution in [-0.2, 0) is 28.5 Å². The van der Waals surface area contributed by atoms with E-state index in [-0.39, 0.29) is 19.6 Å². The number of aliphatic hydroxyl groups is 2. The number of nitrogens with zero attached hydrogens (tertiary/aromatic N) is 1. The van der Waals surface area contributed by atoms with Crippen LogP contribution in [0.2, 0.25) is 0 Å². The Morgan fingerprint density at radius 1 is 1.03 bits per heavy atom. The number of hydrogen-bond acceptors (Lipinski definition) is 9. The van der Waals surface area contributed by atoms with Crippen molar-refractivity contribution in [1.82, 2.24) is 4.90 Å². The third-order valence-electron chi connectivity index (χ3n) is 5.60. The van der Waals surface area contributed by atoms with Gasteiger partial charge in [0, 0.05) is 0 Å². The lowest BCUT2D eigenvalue weighted by Gasteiger charge is -2.31. The van der Waals surface area contributed by atoms with E-state index >= 15 is 0 Å². The third kappa shape index (κ3) is 5.37. The molecule has 0 saturated carbocycles. The van der Waals surface area contributed by atoms with E-state index in [9.17, 15) is 19.8 Å². The first-order chi connectivity index (χ1) is 14.1. The van der Waals surface area contributed by atoms with E-state index in [1.165, 1.54) is 0 Å². The Morgan fingerprint density at radius 2 is 1.52 bits per heavy atom. The summed E-state index contributed by atoms with van der Waals surface area (Å²) in [6, 6.07) is -0.945. The van der Waals surface area contributed by atoms with Gasteiger partial charge in [0.15, 0.2) is 11.6 Å². The predicted octanol–water partition coefficient (Wildman–Crippen LogP) is 1.16. The van der Waals surface area contributed by atoms with Crippen molar-refractivity contribution in [3.8, 4) is 0 Å². The molecule has 2 N–H and O–H groups in total. The fourth-order valence-electron chi connectivity index (χ4n) is 4.20. The standard InChI is InChI=1S/C21H35NO9/c1-19(2,3)31-18(26)22-12(16(24)14-10-28-21(6,7)30-14)8-11(17(22)25)15(23)13-9-27-20(4,5)29-13/h11-16,23-24H,8-10H2,1-7H3/t11-,12+,13+,14+,15+,16-/m0/s1. The van der Waals surface area contributed by atoms with Gasteiger partial charge in [-0.2, -0.15) is 0 Å². The summed E-state index contributed by atoms with van der Waals surface area (Å²) < 4.78 is 27.9. The van der Waals surface area contributed by atoms with Crippen molar-refractivity contribution in [2.24, 2.45) is 5.92 Å². The first-order valence-corrected chi connectivity index (χ1v) is 10.7. The zero-order valence-electron chi connectivity index (χ0n) is 19.3. The van der Waals surface area contributed by atoms with E-state index in [1.807, 2.05) is 0 Å². The summed E-state index contributed by atoms with van der Waals surface area (Å²) in [7, 11) is 0. The summed E-state index contributed by atoms with van der Waals surface area (Å²) >= 11 is 0. The van der Waals surface area contributed by atoms with Gasteiger partial charge in [0.2, 0.25) is 5.91 Å². The molecule has 10 nitrogen and oxygen atoms in total. The minimum absolute atomic E-state index is 0.0288. The highest BCUT2D eigenvalue weighted by atomic mass is 16.8. The molecule has 3 saturated heterocycles. The zero-order valence-corrected chi connectivity index (χ0v) is 19.3. The van der Waals surface area contributed by atoms with Crippen LogP contribution >= 0.6 is 0 Å². The number of imide groups is 1. The van der Waals surface area contributed by atoms with E-state index in [0.717, 1.165) is 4.90 Å². The van der Waals surface area contributed by atoms with Crippen molar-refractivity contribution in [1.29, 1.82) is 0 Å². The fraction of sp³-hybridized carbons (Fsp3) is 0.905. The lowest BCUT2D eigenvalue weighted by molar-refractivity contribution is -0.159. The molecule has 178 valence electrons. The number of ether oxygens (including phenoxy) is 5. The van der Waals surface area contributed by atoms with Crippen LogP contribution in [0.4, 0.5) is 4.79 Å². The van der Waals surface area contributed by atoms with Gasteiger partial charge >= 0.3 is 6.09 Å². The monoisotopic (exact) mass is 445 g/mol. The molecule has 0 aliphatic carbocycles. The number of amides is 2. The van der Waals surface area contributed by atoms with Crippen molar-refractivity contribution in [3.05, 3.63) is 0 Å². The van der Waals surface area contributed by atoms with Crippen molar-refractivity contribution < 1.29 is 43.5 Å². The quantitative estimate of drug-likeness (QED) is 0.656. The molecule has 2 amide bonds. The van der Waals surface area contributed by atoms with Crippen molar-refractivity contribution in [2.45, 2.75) is 103 Å². The van der Waals surface area contributed by atoms with E-state index in [0.29, 0.717) is 0 Å². The highest BCUT2D eigenvalue weighted by Gasteiger charge is 2.55. The molecule has 0 aromatic carbocycles. The fourth-order valence-corrected chi connectivity index (χ4v) is 4.20. The molecule has 0 spiro atoms. The van der Waals surface area contributed by atoms with E-state index < -0.39 is 65.6 Å². The van der Waals surface area contributed by atoms with Gasteiger partial charge in [-0.05, 0) is 54.9 Å². The molecule has 3 fully saturated rings. The summed E-state index contributed by atoms with van der Waals surface area (Å²) in [5.74, 6) is -3.36. The average Bonchev–Trinajstić information content (AvgIpc) is 3.26. The van der Waals surface area contributed by atoms with Gasteiger partial charge < -0.3 is 33.9 Å². The van der Waals surface area contributed by atoms with Gasteiger partial charge in [-0.3, -0.25) is 4.79 Å². The van der Waals surface area contributed by atoms with E-state index in [4.69, 9.17) is 23.7 Å². The van der Waals surface area contributed by atoms with Gasteiger partial charge in [-0.25, -0.2) is 9.69 Å². The second-order valence-corrected chi connectivity index (χ2v) is 10.3. The summed E-state index contributed by atoms with van der Waals surface area (Å²) in [4.78, 5) is 27.0. The Labute approximate surface area is 182 Å². The van der Waals surface area contributed by atoms with Crippen molar-refractivity contribution >= 4 is 12.0 Å². The summed E-state index contributed by atoms with van der Waals surface area (Å²) in [6.07, 6.45) is -4.75. The van der Waals surface area contributed by atoms with Gasteiger partial charge in [0.25, 0.3) is 0 Å². The lowest BCUT2D eigenvalue weighted by atomic mass is 9.92. The molecular formula is C21H35NO9. The Balaban J connectivity index is 1.82. The van der Waals surface area contributed by atoms with Gasteiger partial charge in [-0.1, -0.05) is 0 Å². The maximum atomic E-state index is 13.2. The largest absolute Gasteiger partial charge is 0.443 e. The number of carbonyl (C=O) groups is 2. The maximum absolute atomic E-state index is 13.2. The predicted molar refractivity (Wildman–Crippen MR) is 107 cm³/mol. The molecule has 0 unspecified atom stereocenters. The third-order valence-corrected chi connectivity index (χ3v) is 5.60. The van der Waals surface area contributed by atoms with Crippen LogP contribution in [0.5, 0.6) is 0 Å². The molecule has 31 heavy (non-hydrogen) atoms. The van der Waals surface area contributed by atoms with E-state index in [1.54, 1.807) is 48.5 Å². The second kappa shape index (κ2) is 8.24. The van der Waals surface area contributed by atoms with Crippen LogP contribution in [0, 0.1) is 5.92 Å². The molecule has 3 aliphatic rings. The number of carbonyl (C=O) groups excluding carboxylic acids is 2. The van der Waals surface area contributed by atoms with Crippen LogP contribution in [0.15, 0.2) is 0 Å². The van der Waals surface area contributed by atoms with E-state index in [2.05, 4.69) is 0 Å². The maximum Gasteiger partial charge on any atom is 0.417 e. The van der Waals surface area contributed by atoms with Crippen LogP contribution in [-0.4, -0.2) is 88.0 Å². The molecule has 3 heterocycles. The summed E-state index contributed by atoms with van der Waals surface area (Å²) in [6.45, 7) is 12.2. The molecule has 3 rings (SSSR count). The second-order valence-electron chi connectivity index (χ2n) is 10.3. The smallest absolute Gasteiger partial charge is 0.417 e. The van der Waals surface area contributed by atoms with Gasteiger partial charge in [0.1, 0.15) is 23.9 Å². The molecule has 0 bridgehead atoms. The topological polar surface area (TPSA) is 124 Å². The first kappa shape index (κ1) is 24.3. The Morgan fingerprint density at radius 3 is 1.94 bits per heavy atom. The Hall–Kier alpha value is -1.30. The molecule has 0 aromatic rings. The van der Waals surface area contributed by atoms with Gasteiger partial charge in [-0.15, -0.1) is 0 Å². The average molecular weight is 446 g/mol. The number of aliphatic hydroxyl groups excluding tert-OH is 2. The normalized spacial score (nSPS) is 34.7. The number of rotatable bonds is 4. The highest BCUT2D eigenvalue weighted by Crippen LogP contribution is 2.37. The SMILES string of the molecule is CC(C)(C)OC(=O)N1C(=O)[C@H]([C@@H](O)[C@H]2COC(C)(C)O2)C[C@@H]1[C@H](O)[C@H]1COC(C)(C)O1. The lowest BCUT2D eigenvalue weighted by Crippen LogP contribution is -2.51. The summed E-state index contributed by atoms with van der Waals surface area (Å²) in [5.41, 5.74) is -0.842. The van der Waals surface area contributed by atoms with Crippen molar-refractivity contribution in [3.63, 3.8) is 0 Å². The van der Waals surface area contributed by atoms with Crippen LogP contribution < -0.4 is 0 Å². The van der Waals surface area contributed by atoms with Crippen LogP contribution in [0.3, 0.4) is 0 Å². The first-order valence-electron chi connectivity index (χ1n) is 10.7. The molecule has 6 atom stereocenters. The Kier molecular flexibility index (Phi) is 6.47. The molecule has 0 radical (unpaired) electrons.